The zero-order valence-electron chi connectivity index (χ0n) is 10.5. The fourth-order valence-electron chi connectivity index (χ4n) is 2.01. The number of anilines is 1. The lowest BCUT2D eigenvalue weighted by molar-refractivity contribution is 0.102. The fraction of sp³-hybridized carbons (Fsp3) is 0.0667. The van der Waals surface area contributed by atoms with Gasteiger partial charge in [-0.1, -0.05) is 36.4 Å². The zero-order valence-corrected chi connectivity index (χ0v) is 12.0. The van der Waals surface area contributed by atoms with Gasteiger partial charge >= 0.3 is 0 Å². The van der Waals surface area contributed by atoms with E-state index < -0.39 is 0 Å². The van der Waals surface area contributed by atoms with Crippen molar-refractivity contribution in [2.75, 3.05) is 5.32 Å². The van der Waals surface area contributed by atoms with Gasteiger partial charge in [-0.3, -0.25) is 10.1 Å². The number of aromatic nitrogens is 1. The van der Waals surface area contributed by atoms with E-state index in [0.29, 0.717) is 16.6 Å². The maximum absolute atomic E-state index is 12.3. The molecule has 0 spiro atoms. The summed E-state index contributed by atoms with van der Waals surface area (Å²) in [5.74, 6) is 0.193. The molecule has 0 unspecified atom stereocenters. The van der Waals surface area contributed by atoms with E-state index in [9.17, 15) is 4.79 Å². The van der Waals surface area contributed by atoms with Crippen LogP contribution in [-0.4, -0.2) is 10.9 Å². The molecule has 0 aliphatic rings. The molecule has 3 nitrogen and oxygen atoms in total. The third-order valence-corrected chi connectivity index (χ3v) is 4.02. The van der Waals surface area contributed by atoms with Gasteiger partial charge in [0, 0.05) is 10.9 Å². The van der Waals surface area contributed by atoms with Crippen LogP contribution in [0.5, 0.6) is 0 Å². The number of amides is 1. The van der Waals surface area contributed by atoms with Gasteiger partial charge in [-0.25, -0.2) is 4.98 Å². The fourth-order valence-corrected chi connectivity index (χ4v) is 2.95. The maximum Gasteiger partial charge on any atom is 0.258 e. The minimum atomic E-state index is -0.155. The van der Waals surface area contributed by atoms with Gasteiger partial charge < -0.3 is 0 Å². The minimum Gasteiger partial charge on any atom is -0.298 e. The predicted octanol–water partition coefficient (Wildman–Crippen LogP) is 4.29. The number of carbonyl (C=O) groups excluding carboxylic acids is 1. The summed E-state index contributed by atoms with van der Waals surface area (Å²) in [5, 5.41) is 7.20. The van der Waals surface area contributed by atoms with Crippen molar-refractivity contribution in [2.24, 2.45) is 0 Å². The van der Waals surface area contributed by atoms with Crippen LogP contribution in [0, 0.1) is 0 Å². The standard InChI is InChI=1S/C15H11ClN2OS/c16-8-11-9-20-15(17-11)18-14(19)13-7-3-5-10-4-1-2-6-12(10)13/h1-7,9H,8H2,(H,17,18,19). The van der Waals surface area contributed by atoms with Crippen LogP contribution in [-0.2, 0) is 5.88 Å². The molecule has 5 heteroatoms. The topological polar surface area (TPSA) is 42.0 Å². The Kier molecular flexibility index (Phi) is 3.67. The van der Waals surface area contributed by atoms with Crippen molar-refractivity contribution in [1.29, 1.82) is 0 Å². The molecule has 3 rings (SSSR count). The Bertz CT molecular complexity index is 764. The number of thiazole rings is 1. The smallest absolute Gasteiger partial charge is 0.258 e. The number of carbonyl (C=O) groups is 1. The summed E-state index contributed by atoms with van der Waals surface area (Å²) in [4.78, 5) is 16.6. The summed E-state index contributed by atoms with van der Waals surface area (Å²) < 4.78 is 0. The van der Waals surface area contributed by atoms with E-state index in [-0.39, 0.29) is 5.91 Å². The van der Waals surface area contributed by atoms with Crippen LogP contribution in [0.2, 0.25) is 0 Å². The summed E-state index contributed by atoms with van der Waals surface area (Å²) in [6, 6.07) is 13.5. The summed E-state index contributed by atoms with van der Waals surface area (Å²) in [5.41, 5.74) is 1.41. The first-order chi connectivity index (χ1) is 9.78. The molecule has 0 radical (unpaired) electrons. The lowest BCUT2D eigenvalue weighted by Gasteiger charge is -2.05. The van der Waals surface area contributed by atoms with Crippen molar-refractivity contribution in [3.8, 4) is 0 Å². The molecule has 3 aromatic rings. The Morgan fingerprint density at radius 2 is 2.00 bits per heavy atom. The Labute approximate surface area is 125 Å². The van der Waals surface area contributed by atoms with Crippen molar-refractivity contribution >= 4 is 44.7 Å². The highest BCUT2D eigenvalue weighted by Gasteiger charge is 2.11. The molecule has 20 heavy (non-hydrogen) atoms. The van der Waals surface area contributed by atoms with Crippen molar-refractivity contribution in [1.82, 2.24) is 4.98 Å². The Morgan fingerprint density at radius 3 is 2.80 bits per heavy atom. The summed E-state index contributed by atoms with van der Waals surface area (Å²) in [6.45, 7) is 0. The van der Waals surface area contributed by atoms with Crippen LogP contribution in [0.4, 0.5) is 5.13 Å². The highest BCUT2D eigenvalue weighted by molar-refractivity contribution is 7.14. The number of hydrogen-bond donors (Lipinski definition) is 1. The molecule has 0 aliphatic heterocycles. The molecule has 2 aromatic carbocycles. The van der Waals surface area contributed by atoms with E-state index in [1.807, 2.05) is 47.8 Å². The average molecular weight is 303 g/mol. The second-order valence-electron chi connectivity index (χ2n) is 4.26. The van der Waals surface area contributed by atoms with Crippen molar-refractivity contribution in [3.05, 3.63) is 59.1 Å². The summed E-state index contributed by atoms with van der Waals surface area (Å²) >= 11 is 7.08. The van der Waals surface area contributed by atoms with E-state index in [4.69, 9.17) is 11.6 Å². The Morgan fingerprint density at radius 1 is 1.20 bits per heavy atom. The molecule has 0 saturated heterocycles. The monoisotopic (exact) mass is 302 g/mol. The van der Waals surface area contributed by atoms with Gasteiger partial charge in [0.25, 0.3) is 5.91 Å². The lowest BCUT2D eigenvalue weighted by atomic mass is 10.0. The number of alkyl halides is 1. The van der Waals surface area contributed by atoms with Crippen molar-refractivity contribution in [2.45, 2.75) is 5.88 Å². The van der Waals surface area contributed by atoms with Crippen LogP contribution in [0.15, 0.2) is 47.8 Å². The first-order valence-corrected chi connectivity index (χ1v) is 7.49. The Balaban J connectivity index is 1.92. The average Bonchev–Trinajstić information content (AvgIpc) is 2.94. The third kappa shape index (κ3) is 2.53. The van der Waals surface area contributed by atoms with Gasteiger partial charge in [0.15, 0.2) is 5.13 Å². The van der Waals surface area contributed by atoms with Gasteiger partial charge in [-0.2, -0.15) is 0 Å². The number of hydrogen-bond acceptors (Lipinski definition) is 3. The molecule has 100 valence electrons. The van der Waals surface area contributed by atoms with Gasteiger partial charge in [-0.05, 0) is 16.8 Å². The first kappa shape index (κ1) is 13.1. The van der Waals surface area contributed by atoms with E-state index in [1.165, 1.54) is 11.3 Å². The zero-order chi connectivity index (χ0) is 13.9. The molecule has 1 heterocycles. The lowest BCUT2D eigenvalue weighted by Crippen LogP contribution is -2.12. The summed E-state index contributed by atoms with van der Waals surface area (Å²) in [6.07, 6.45) is 0. The van der Waals surface area contributed by atoms with E-state index in [0.717, 1.165) is 16.5 Å². The van der Waals surface area contributed by atoms with Gasteiger partial charge in [0.2, 0.25) is 0 Å². The largest absolute Gasteiger partial charge is 0.298 e. The normalized spacial score (nSPS) is 10.7. The first-order valence-electron chi connectivity index (χ1n) is 6.07. The molecular formula is C15H11ClN2OS. The van der Waals surface area contributed by atoms with Gasteiger partial charge in [0.1, 0.15) is 0 Å². The number of rotatable bonds is 3. The number of halogens is 1. The van der Waals surface area contributed by atoms with E-state index in [1.54, 1.807) is 0 Å². The molecule has 0 fully saturated rings. The van der Waals surface area contributed by atoms with Crippen LogP contribution < -0.4 is 5.32 Å². The number of nitrogens with one attached hydrogen (secondary N) is 1. The Hall–Kier alpha value is -1.91. The second kappa shape index (κ2) is 5.61. The quantitative estimate of drug-likeness (QED) is 0.733. The molecule has 1 amide bonds. The van der Waals surface area contributed by atoms with Crippen LogP contribution in [0.25, 0.3) is 10.8 Å². The van der Waals surface area contributed by atoms with Gasteiger partial charge in [-0.15, -0.1) is 22.9 Å². The highest BCUT2D eigenvalue weighted by Crippen LogP contribution is 2.21. The SMILES string of the molecule is O=C(Nc1nc(CCl)cs1)c1cccc2ccccc12. The van der Waals surface area contributed by atoms with E-state index in [2.05, 4.69) is 10.3 Å². The van der Waals surface area contributed by atoms with Crippen LogP contribution in [0.1, 0.15) is 16.1 Å². The minimum absolute atomic E-state index is 0.155. The molecule has 0 atom stereocenters. The highest BCUT2D eigenvalue weighted by atomic mass is 35.5. The summed E-state index contributed by atoms with van der Waals surface area (Å²) in [7, 11) is 0. The van der Waals surface area contributed by atoms with Gasteiger partial charge in [0.05, 0.1) is 11.6 Å². The molecule has 0 bridgehead atoms. The van der Waals surface area contributed by atoms with Crippen molar-refractivity contribution in [3.63, 3.8) is 0 Å². The predicted molar refractivity (Wildman–Crippen MR) is 83.6 cm³/mol. The molecule has 0 aliphatic carbocycles. The molecular weight excluding hydrogens is 292 g/mol. The number of fused-ring (bicyclic) bond motifs is 1. The molecule has 0 saturated carbocycles. The molecule has 1 aromatic heterocycles. The van der Waals surface area contributed by atoms with Crippen LogP contribution in [0.3, 0.4) is 0 Å². The second-order valence-corrected chi connectivity index (χ2v) is 5.38. The van der Waals surface area contributed by atoms with Crippen molar-refractivity contribution < 1.29 is 4.79 Å². The third-order valence-electron chi connectivity index (χ3n) is 2.94. The number of nitrogens with zero attached hydrogens (tertiary/aromatic N) is 1. The van der Waals surface area contributed by atoms with E-state index >= 15 is 0 Å². The maximum atomic E-state index is 12.3. The molecule has 1 N–H and O–H groups in total. The number of benzene rings is 2. The van der Waals surface area contributed by atoms with Crippen LogP contribution >= 0.6 is 22.9 Å².